The van der Waals surface area contributed by atoms with E-state index in [9.17, 15) is 5.26 Å². The maximum absolute atomic E-state index is 9.27. The Balaban J connectivity index is 1.79. The second-order valence-corrected chi connectivity index (χ2v) is 6.33. The summed E-state index contributed by atoms with van der Waals surface area (Å²) in [5, 5.41) is 12.7. The zero-order chi connectivity index (χ0) is 13.5. The smallest absolute Gasteiger partial charge is 0.144 e. The minimum atomic E-state index is 0.438. The van der Waals surface area contributed by atoms with Gasteiger partial charge in [0.05, 0.1) is 5.56 Å². The highest BCUT2D eigenvalue weighted by atomic mass is 15.0. The Bertz CT molecular complexity index is 536. The zero-order valence-corrected chi connectivity index (χ0v) is 11.8. The normalized spacial score (nSPS) is 19.1. The first-order valence-electron chi connectivity index (χ1n) is 7.31. The van der Waals surface area contributed by atoms with Crippen LogP contribution in [0.25, 0.3) is 0 Å². The van der Waals surface area contributed by atoms with E-state index in [1.54, 1.807) is 0 Å². The van der Waals surface area contributed by atoms with E-state index in [4.69, 9.17) is 0 Å². The Morgan fingerprint density at radius 1 is 1.42 bits per heavy atom. The topological polar surface area (TPSA) is 48.7 Å². The van der Waals surface area contributed by atoms with Crippen molar-refractivity contribution < 1.29 is 0 Å². The van der Waals surface area contributed by atoms with Crippen LogP contribution in [0.15, 0.2) is 6.07 Å². The molecule has 0 radical (unpaired) electrons. The second-order valence-electron chi connectivity index (χ2n) is 6.33. The molecule has 2 aliphatic carbocycles. The van der Waals surface area contributed by atoms with E-state index in [0.717, 1.165) is 25.2 Å². The van der Waals surface area contributed by atoms with Gasteiger partial charge in [-0.2, -0.15) is 5.26 Å². The number of fused-ring (bicyclic) bond motifs is 1. The van der Waals surface area contributed by atoms with Crippen LogP contribution in [-0.2, 0) is 12.8 Å². The third-order valence-electron chi connectivity index (χ3n) is 4.90. The molecule has 1 N–H and O–H groups in total. The van der Waals surface area contributed by atoms with Gasteiger partial charge in [0.1, 0.15) is 11.9 Å². The zero-order valence-electron chi connectivity index (χ0n) is 11.8. The lowest BCUT2D eigenvalue weighted by molar-refractivity contribution is 0.380. The maximum atomic E-state index is 9.27. The molecule has 0 amide bonds. The quantitative estimate of drug-likeness (QED) is 0.898. The van der Waals surface area contributed by atoms with Gasteiger partial charge in [-0.05, 0) is 55.1 Å². The molecule has 1 fully saturated rings. The average Bonchev–Trinajstić information content (AvgIpc) is 3.07. The van der Waals surface area contributed by atoms with Gasteiger partial charge >= 0.3 is 0 Å². The molecule has 1 aromatic rings. The van der Waals surface area contributed by atoms with Gasteiger partial charge in [0.15, 0.2) is 0 Å². The molecule has 19 heavy (non-hydrogen) atoms. The summed E-state index contributed by atoms with van der Waals surface area (Å²) in [6.07, 6.45) is 5.90. The van der Waals surface area contributed by atoms with E-state index in [-0.39, 0.29) is 0 Å². The second kappa shape index (κ2) is 4.52. The number of aryl methyl sites for hydroxylation is 2. The fraction of sp³-hybridized carbons (Fsp3) is 0.625. The van der Waals surface area contributed by atoms with Gasteiger partial charge in [0, 0.05) is 12.2 Å². The Labute approximate surface area is 115 Å². The molecule has 0 aromatic carbocycles. The van der Waals surface area contributed by atoms with Crippen LogP contribution in [0.5, 0.6) is 0 Å². The number of nitrogens with one attached hydrogen (secondary N) is 1. The van der Waals surface area contributed by atoms with Gasteiger partial charge in [0.2, 0.25) is 0 Å². The van der Waals surface area contributed by atoms with E-state index >= 15 is 0 Å². The van der Waals surface area contributed by atoms with E-state index < -0.39 is 0 Å². The van der Waals surface area contributed by atoms with Crippen LogP contribution in [0.3, 0.4) is 0 Å². The first kappa shape index (κ1) is 12.5. The van der Waals surface area contributed by atoms with Crippen molar-refractivity contribution in [2.24, 2.45) is 11.3 Å². The number of anilines is 1. The lowest BCUT2D eigenvalue weighted by Gasteiger charge is -2.21. The van der Waals surface area contributed by atoms with E-state index in [0.29, 0.717) is 16.9 Å². The molecule has 100 valence electrons. The first-order chi connectivity index (χ1) is 9.14. The van der Waals surface area contributed by atoms with Gasteiger partial charge in [-0.15, -0.1) is 0 Å². The van der Waals surface area contributed by atoms with Crippen LogP contribution in [-0.4, -0.2) is 11.5 Å². The Morgan fingerprint density at radius 3 is 2.84 bits per heavy atom. The molecule has 0 atom stereocenters. The molecule has 3 nitrogen and oxygen atoms in total. The van der Waals surface area contributed by atoms with Gasteiger partial charge < -0.3 is 5.32 Å². The molecule has 2 aliphatic rings. The summed E-state index contributed by atoms with van der Waals surface area (Å²) in [6.45, 7) is 5.52. The number of hydrogen-bond acceptors (Lipinski definition) is 3. The van der Waals surface area contributed by atoms with E-state index in [2.05, 4.69) is 30.2 Å². The number of rotatable bonds is 4. The summed E-state index contributed by atoms with van der Waals surface area (Å²) in [5.41, 5.74) is 3.61. The summed E-state index contributed by atoms with van der Waals surface area (Å²) in [6, 6.07) is 4.32. The standard InChI is InChI=1S/C16H21N3/c1-11(2)16(6-7-16)10-18-15-13(9-17)8-12-4-3-5-14(12)19-15/h8,11H,3-7,10H2,1-2H3,(H,18,19). The van der Waals surface area contributed by atoms with Crippen molar-refractivity contribution in [1.82, 2.24) is 4.98 Å². The highest BCUT2D eigenvalue weighted by Crippen LogP contribution is 2.51. The lowest BCUT2D eigenvalue weighted by atomic mass is 9.92. The molecule has 1 aromatic heterocycles. The van der Waals surface area contributed by atoms with Crippen molar-refractivity contribution >= 4 is 5.82 Å². The molecule has 1 heterocycles. The van der Waals surface area contributed by atoms with Crippen LogP contribution in [0.1, 0.15) is 49.9 Å². The molecule has 1 saturated carbocycles. The fourth-order valence-electron chi connectivity index (χ4n) is 3.07. The largest absolute Gasteiger partial charge is 0.368 e. The van der Waals surface area contributed by atoms with Crippen molar-refractivity contribution in [3.63, 3.8) is 0 Å². The summed E-state index contributed by atoms with van der Waals surface area (Å²) in [4.78, 5) is 4.68. The monoisotopic (exact) mass is 255 g/mol. The SMILES string of the molecule is CC(C)C1(CNc2nc3c(cc2C#N)CCC3)CC1. The van der Waals surface area contributed by atoms with Gasteiger partial charge in [-0.3, -0.25) is 0 Å². The number of nitrogens with zero attached hydrogens (tertiary/aromatic N) is 2. The van der Waals surface area contributed by atoms with Gasteiger partial charge in [-0.1, -0.05) is 13.8 Å². The van der Waals surface area contributed by atoms with Crippen molar-refractivity contribution in [1.29, 1.82) is 5.26 Å². The third-order valence-corrected chi connectivity index (χ3v) is 4.90. The van der Waals surface area contributed by atoms with E-state index in [1.165, 1.54) is 30.5 Å². The van der Waals surface area contributed by atoms with Gasteiger partial charge in [0.25, 0.3) is 0 Å². The van der Waals surface area contributed by atoms with Crippen LogP contribution in [0, 0.1) is 22.7 Å². The Hall–Kier alpha value is -1.56. The van der Waals surface area contributed by atoms with Crippen molar-refractivity contribution in [2.45, 2.75) is 46.0 Å². The van der Waals surface area contributed by atoms with Crippen molar-refractivity contribution in [3.05, 3.63) is 22.9 Å². The van der Waals surface area contributed by atoms with Crippen molar-refractivity contribution in [2.75, 3.05) is 11.9 Å². The number of nitriles is 1. The molecule has 3 heteroatoms. The number of pyridine rings is 1. The fourth-order valence-corrected chi connectivity index (χ4v) is 3.07. The predicted octanol–water partition coefficient (Wildman–Crippen LogP) is 3.29. The predicted molar refractivity (Wildman–Crippen MR) is 76.0 cm³/mol. The highest BCUT2D eigenvalue weighted by Gasteiger charge is 2.45. The Kier molecular flexibility index (Phi) is 2.97. The lowest BCUT2D eigenvalue weighted by Crippen LogP contribution is -2.22. The number of hydrogen-bond donors (Lipinski definition) is 1. The third kappa shape index (κ3) is 2.20. The molecule has 0 unspecified atom stereocenters. The highest BCUT2D eigenvalue weighted by molar-refractivity contribution is 5.55. The molecule has 0 saturated heterocycles. The maximum Gasteiger partial charge on any atom is 0.144 e. The molecular weight excluding hydrogens is 234 g/mol. The Morgan fingerprint density at radius 2 is 2.21 bits per heavy atom. The summed E-state index contributed by atoms with van der Waals surface area (Å²) >= 11 is 0. The summed E-state index contributed by atoms with van der Waals surface area (Å²) < 4.78 is 0. The summed E-state index contributed by atoms with van der Waals surface area (Å²) in [7, 11) is 0. The van der Waals surface area contributed by atoms with Crippen LogP contribution in [0.2, 0.25) is 0 Å². The molecule has 3 rings (SSSR count). The molecule has 0 spiro atoms. The van der Waals surface area contributed by atoms with Crippen molar-refractivity contribution in [3.8, 4) is 6.07 Å². The van der Waals surface area contributed by atoms with Crippen LogP contribution in [0.4, 0.5) is 5.82 Å². The average molecular weight is 255 g/mol. The van der Waals surface area contributed by atoms with Gasteiger partial charge in [-0.25, -0.2) is 4.98 Å². The summed E-state index contributed by atoms with van der Waals surface area (Å²) in [5.74, 6) is 1.50. The molecule has 0 bridgehead atoms. The minimum absolute atomic E-state index is 0.438. The molecular formula is C16H21N3. The first-order valence-corrected chi connectivity index (χ1v) is 7.31. The van der Waals surface area contributed by atoms with Crippen LogP contribution < -0.4 is 5.32 Å². The van der Waals surface area contributed by atoms with Crippen LogP contribution >= 0.6 is 0 Å². The minimum Gasteiger partial charge on any atom is -0.368 e. The van der Waals surface area contributed by atoms with E-state index in [1.807, 2.05) is 6.07 Å². The molecule has 0 aliphatic heterocycles. The number of aromatic nitrogens is 1.